The molecule has 0 heterocycles. The predicted octanol–water partition coefficient (Wildman–Crippen LogP) is 6.71. The summed E-state index contributed by atoms with van der Waals surface area (Å²) in [5.74, 6) is 0. The van der Waals surface area contributed by atoms with E-state index in [4.69, 9.17) is 13.6 Å². The highest BCUT2D eigenvalue weighted by atomic mass is 31.2. The van der Waals surface area contributed by atoms with Crippen LogP contribution in [0.4, 0.5) is 0 Å². The van der Waals surface area contributed by atoms with Crippen molar-refractivity contribution in [1.82, 2.24) is 0 Å². The Labute approximate surface area is 159 Å². The van der Waals surface area contributed by atoms with Crippen LogP contribution < -0.4 is 0 Å². The van der Waals surface area contributed by atoms with Gasteiger partial charge in [-0.1, -0.05) is 36.5 Å². The maximum absolute atomic E-state index is 13.4. The Balaban J connectivity index is 5.51. The van der Waals surface area contributed by atoms with Crippen LogP contribution in [-0.4, -0.2) is 18.3 Å². The zero-order chi connectivity index (χ0) is 19.8. The first-order valence-electron chi connectivity index (χ1n) is 8.79. The fourth-order valence-corrected chi connectivity index (χ4v) is 4.05. The monoisotopic (exact) mass is 380 g/mol. The molecule has 0 radical (unpaired) electrons. The van der Waals surface area contributed by atoms with Gasteiger partial charge in [-0.2, -0.15) is 0 Å². The molecule has 0 aliphatic rings. The van der Waals surface area contributed by atoms with Gasteiger partial charge in [0.2, 0.25) is 0 Å². The lowest BCUT2D eigenvalue weighted by atomic mass is 10.2. The molecule has 146 valence electrons. The molecule has 0 atom stereocenters. The van der Waals surface area contributed by atoms with Gasteiger partial charge in [-0.05, 0) is 38.5 Å². The van der Waals surface area contributed by atoms with Crippen LogP contribution in [0.2, 0.25) is 0 Å². The average Bonchev–Trinajstić information content (AvgIpc) is 2.56. The zero-order valence-corrected chi connectivity index (χ0v) is 16.7. The minimum Gasteiger partial charge on any atom is -0.283 e. The van der Waals surface area contributed by atoms with Gasteiger partial charge in [-0.15, -0.1) is 39.5 Å². The Bertz CT molecular complexity index is 411. The molecular formula is C21H33O4P. The quantitative estimate of drug-likeness (QED) is 0.196. The van der Waals surface area contributed by atoms with Gasteiger partial charge in [0.25, 0.3) is 0 Å². The summed E-state index contributed by atoms with van der Waals surface area (Å²) in [4.78, 5) is 0. The summed E-state index contributed by atoms with van der Waals surface area (Å²) in [5.41, 5.74) is 0. The van der Waals surface area contributed by atoms with Crippen LogP contribution in [0.25, 0.3) is 0 Å². The van der Waals surface area contributed by atoms with E-state index in [9.17, 15) is 4.57 Å². The van der Waals surface area contributed by atoms with Crippen LogP contribution in [0.3, 0.4) is 0 Å². The van der Waals surface area contributed by atoms with Crippen molar-refractivity contribution in [3.05, 3.63) is 75.9 Å². The Morgan fingerprint density at radius 1 is 0.538 bits per heavy atom. The molecule has 0 saturated carbocycles. The third kappa shape index (κ3) is 10.5. The molecule has 0 N–H and O–H groups in total. The summed E-state index contributed by atoms with van der Waals surface area (Å²) in [6.07, 6.45) is 12.1. The van der Waals surface area contributed by atoms with Gasteiger partial charge in [-0.3, -0.25) is 13.6 Å². The first-order chi connectivity index (χ1) is 12.5. The third-order valence-corrected chi connectivity index (χ3v) is 5.08. The summed E-state index contributed by atoms with van der Waals surface area (Å²) >= 11 is 0. The molecule has 0 fully saturated rings. The fraction of sp³-hybridized carbons (Fsp3) is 0.429. The molecule has 26 heavy (non-hydrogen) atoms. The first-order valence-corrected chi connectivity index (χ1v) is 10.2. The lowest BCUT2D eigenvalue weighted by molar-refractivity contribution is 0.0345. The highest BCUT2D eigenvalue weighted by molar-refractivity contribution is 7.48. The minimum atomic E-state index is -3.85. The van der Waals surface area contributed by atoms with Gasteiger partial charge in [0.05, 0.1) is 18.3 Å². The van der Waals surface area contributed by atoms with Gasteiger partial charge < -0.3 is 0 Å². The van der Waals surface area contributed by atoms with Crippen molar-refractivity contribution in [2.75, 3.05) is 0 Å². The predicted molar refractivity (Wildman–Crippen MR) is 111 cm³/mol. The molecule has 0 bridgehead atoms. The first kappa shape index (κ1) is 24.6. The van der Waals surface area contributed by atoms with Gasteiger partial charge in [0.15, 0.2) is 0 Å². The second-order valence-corrected chi connectivity index (χ2v) is 7.30. The van der Waals surface area contributed by atoms with E-state index in [1.165, 1.54) is 0 Å². The number of phosphoric ester groups is 1. The van der Waals surface area contributed by atoms with Gasteiger partial charge in [0.1, 0.15) is 0 Å². The van der Waals surface area contributed by atoms with Crippen LogP contribution >= 0.6 is 7.82 Å². The lowest BCUT2D eigenvalue weighted by Gasteiger charge is -2.28. The molecule has 0 amide bonds. The summed E-state index contributed by atoms with van der Waals surface area (Å²) in [7, 11) is -3.85. The summed E-state index contributed by atoms with van der Waals surface area (Å²) in [5, 5.41) is 0. The van der Waals surface area contributed by atoms with Crippen molar-refractivity contribution >= 4 is 7.82 Å². The van der Waals surface area contributed by atoms with E-state index in [1.54, 1.807) is 36.5 Å². The van der Waals surface area contributed by atoms with Crippen LogP contribution in [0.1, 0.15) is 38.5 Å². The van der Waals surface area contributed by atoms with Crippen LogP contribution in [-0.2, 0) is 18.1 Å². The molecule has 0 aromatic rings. The van der Waals surface area contributed by atoms with Crippen molar-refractivity contribution < 1.29 is 18.1 Å². The molecule has 0 rings (SSSR count). The van der Waals surface area contributed by atoms with Gasteiger partial charge in [0, 0.05) is 0 Å². The number of rotatable bonds is 18. The molecule has 0 aromatic carbocycles. The molecule has 0 aromatic heterocycles. The van der Waals surface area contributed by atoms with Crippen molar-refractivity contribution in [1.29, 1.82) is 0 Å². The molecule has 0 aliphatic heterocycles. The topological polar surface area (TPSA) is 44.8 Å². The van der Waals surface area contributed by atoms with Crippen molar-refractivity contribution in [3.8, 4) is 0 Å². The zero-order valence-electron chi connectivity index (χ0n) is 15.8. The standard InChI is InChI=1S/C21H33O4P/c1-7-13-19(14-8-2)23-26(22,24-20(15-9-3)16-10-4)25-21(17-11-5)18-12-6/h7-12,19-21H,1-6,13-18H2. The lowest BCUT2D eigenvalue weighted by Crippen LogP contribution is -2.20. The van der Waals surface area contributed by atoms with E-state index in [-0.39, 0.29) is 0 Å². The largest absolute Gasteiger partial charge is 0.475 e. The van der Waals surface area contributed by atoms with Crippen LogP contribution in [0.15, 0.2) is 75.9 Å². The Morgan fingerprint density at radius 2 is 0.731 bits per heavy atom. The molecular weight excluding hydrogens is 347 g/mol. The third-order valence-electron chi connectivity index (χ3n) is 3.41. The second-order valence-electron chi connectivity index (χ2n) is 5.78. The van der Waals surface area contributed by atoms with E-state index in [0.29, 0.717) is 38.5 Å². The molecule has 0 aliphatic carbocycles. The molecule has 0 unspecified atom stereocenters. The highest BCUT2D eigenvalue weighted by Gasteiger charge is 2.35. The Morgan fingerprint density at radius 3 is 0.885 bits per heavy atom. The van der Waals surface area contributed by atoms with E-state index in [0.717, 1.165) is 0 Å². The van der Waals surface area contributed by atoms with Crippen LogP contribution in [0, 0.1) is 0 Å². The maximum atomic E-state index is 13.4. The second kappa shape index (κ2) is 14.7. The summed E-state index contributed by atoms with van der Waals surface area (Å²) < 4.78 is 30.8. The summed E-state index contributed by atoms with van der Waals surface area (Å²) in [6, 6.07) is 0. The van der Waals surface area contributed by atoms with Gasteiger partial charge in [-0.25, -0.2) is 4.57 Å². The van der Waals surface area contributed by atoms with Crippen molar-refractivity contribution in [2.24, 2.45) is 0 Å². The molecule has 5 heteroatoms. The maximum Gasteiger partial charge on any atom is 0.475 e. The van der Waals surface area contributed by atoms with E-state index in [2.05, 4.69) is 39.5 Å². The minimum absolute atomic E-state index is 0.392. The van der Waals surface area contributed by atoms with Gasteiger partial charge >= 0.3 is 7.82 Å². The van der Waals surface area contributed by atoms with E-state index < -0.39 is 26.1 Å². The van der Waals surface area contributed by atoms with Crippen LogP contribution in [0.5, 0.6) is 0 Å². The Hall–Kier alpha value is -1.45. The average molecular weight is 380 g/mol. The van der Waals surface area contributed by atoms with E-state index >= 15 is 0 Å². The Kier molecular flexibility index (Phi) is 13.9. The number of phosphoric acid groups is 1. The smallest absolute Gasteiger partial charge is 0.283 e. The number of hydrogen-bond acceptors (Lipinski definition) is 4. The van der Waals surface area contributed by atoms with E-state index in [1.807, 2.05) is 0 Å². The summed E-state index contributed by atoms with van der Waals surface area (Å²) in [6.45, 7) is 22.3. The number of hydrogen-bond donors (Lipinski definition) is 0. The molecule has 4 nitrogen and oxygen atoms in total. The van der Waals surface area contributed by atoms with Crippen molar-refractivity contribution in [3.63, 3.8) is 0 Å². The molecule has 0 saturated heterocycles. The molecule has 0 spiro atoms. The normalized spacial score (nSPS) is 11.5. The SMILES string of the molecule is C=CCC(CC=C)OP(=O)(OC(CC=C)CC=C)OC(CC=C)CC=C. The highest BCUT2D eigenvalue weighted by Crippen LogP contribution is 2.54. The van der Waals surface area contributed by atoms with Crippen molar-refractivity contribution in [2.45, 2.75) is 56.8 Å². The fourth-order valence-electron chi connectivity index (χ4n) is 2.28.